The number of hydrogen-bond acceptors (Lipinski definition) is 4. The van der Waals surface area contributed by atoms with Gasteiger partial charge in [0.1, 0.15) is 10.1 Å². The number of aryl methyl sites for hydroxylation is 1. The monoisotopic (exact) mass is 689 g/mol. The van der Waals surface area contributed by atoms with Gasteiger partial charge < -0.3 is 20.7 Å². The molecule has 0 aliphatic heterocycles. The average Bonchev–Trinajstić information content (AvgIpc) is 3.45. The van der Waals surface area contributed by atoms with Crippen LogP contribution in [0.2, 0.25) is 20.1 Å². The SMILES string of the molecule is Cc1cc(OC(=O)NC(C)(C)C)ccc1NC(=O)c1cc(NC(=O)C2C(c3cc(Cl)c(Cl)c(Cl)c3)C2(Cl)Cl)ccc1Cl. The van der Waals surface area contributed by atoms with Gasteiger partial charge in [0.2, 0.25) is 5.91 Å². The highest BCUT2D eigenvalue weighted by Gasteiger charge is 2.67. The highest BCUT2D eigenvalue weighted by Crippen LogP contribution is 2.65. The lowest BCUT2D eigenvalue weighted by molar-refractivity contribution is -0.117. The summed E-state index contributed by atoms with van der Waals surface area (Å²) in [4.78, 5) is 38.4. The predicted octanol–water partition coefficient (Wildman–Crippen LogP) is 9.27. The van der Waals surface area contributed by atoms with Crippen LogP contribution in [0.1, 0.15) is 48.2 Å². The molecule has 3 amide bonds. The van der Waals surface area contributed by atoms with Crippen molar-refractivity contribution in [3.05, 3.63) is 85.3 Å². The molecule has 0 radical (unpaired) electrons. The minimum atomic E-state index is -1.40. The number of hydrogen-bond donors (Lipinski definition) is 3. The molecule has 0 bridgehead atoms. The van der Waals surface area contributed by atoms with E-state index in [-0.39, 0.29) is 25.7 Å². The Hall–Kier alpha value is -2.39. The topological polar surface area (TPSA) is 96.5 Å². The molecule has 7 nitrogen and oxygen atoms in total. The molecule has 3 N–H and O–H groups in total. The molecule has 3 aromatic rings. The van der Waals surface area contributed by atoms with Crippen molar-refractivity contribution < 1.29 is 19.1 Å². The Balaban J connectivity index is 1.45. The molecule has 1 saturated carbocycles. The third-order valence-electron chi connectivity index (χ3n) is 6.31. The Morgan fingerprint density at radius 3 is 2.10 bits per heavy atom. The Morgan fingerprint density at radius 1 is 0.857 bits per heavy atom. The summed E-state index contributed by atoms with van der Waals surface area (Å²) in [6.45, 7) is 7.26. The van der Waals surface area contributed by atoms with Gasteiger partial charge in [0.05, 0.1) is 31.6 Å². The minimum absolute atomic E-state index is 0.116. The Bertz CT molecular complexity index is 1570. The number of nitrogens with one attached hydrogen (secondary N) is 3. The molecule has 42 heavy (non-hydrogen) atoms. The summed E-state index contributed by atoms with van der Waals surface area (Å²) >= 11 is 37.6. The third-order valence-corrected chi connectivity index (χ3v) is 8.78. The number of carbonyl (C=O) groups excluding carboxylic acids is 3. The Kier molecular flexibility index (Phi) is 9.53. The highest BCUT2D eigenvalue weighted by molar-refractivity contribution is 6.54. The first-order valence-electron chi connectivity index (χ1n) is 12.5. The van der Waals surface area contributed by atoms with E-state index in [2.05, 4.69) is 16.0 Å². The summed E-state index contributed by atoms with van der Waals surface area (Å²) in [7, 11) is 0. The lowest BCUT2D eigenvalue weighted by Gasteiger charge is -2.20. The Labute approximate surface area is 273 Å². The van der Waals surface area contributed by atoms with Crippen molar-refractivity contribution >= 4 is 98.9 Å². The van der Waals surface area contributed by atoms with Crippen molar-refractivity contribution in [3.63, 3.8) is 0 Å². The van der Waals surface area contributed by atoms with Crippen LogP contribution in [0.3, 0.4) is 0 Å². The fourth-order valence-electron chi connectivity index (χ4n) is 4.29. The number of carbonyl (C=O) groups is 3. The summed E-state index contributed by atoms with van der Waals surface area (Å²) in [5, 5.41) is 9.03. The van der Waals surface area contributed by atoms with E-state index in [9.17, 15) is 14.4 Å². The summed E-state index contributed by atoms with van der Waals surface area (Å²) < 4.78 is 3.91. The van der Waals surface area contributed by atoms with Gasteiger partial charge in [-0.25, -0.2) is 4.79 Å². The molecule has 1 aliphatic rings. The van der Waals surface area contributed by atoms with Gasteiger partial charge in [-0.3, -0.25) is 9.59 Å². The predicted molar refractivity (Wildman–Crippen MR) is 170 cm³/mol. The van der Waals surface area contributed by atoms with Gasteiger partial charge in [-0.05, 0) is 87.4 Å². The van der Waals surface area contributed by atoms with Gasteiger partial charge in [-0.1, -0.05) is 46.4 Å². The molecule has 2 unspecified atom stereocenters. The van der Waals surface area contributed by atoms with Gasteiger partial charge in [-0.15, -0.1) is 23.2 Å². The smallest absolute Gasteiger partial charge is 0.410 e. The van der Waals surface area contributed by atoms with E-state index >= 15 is 0 Å². The van der Waals surface area contributed by atoms with E-state index in [0.717, 1.165) is 0 Å². The quantitative estimate of drug-likeness (QED) is 0.177. The van der Waals surface area contributed by atoms with Gasteiger partial charge in [0, 0.05) is 22.8 Å². The maximum atomic E-state index is 13.2. The van der Waals surface area contributed by atoms with Crippen molar-refractivity contribution in [2.24, 2.45) is 5.92 Å². The second kappa shape index (κ2) is 12.3. The number of rotatable bonds is 6. The first-order chi connectivity index (χ1) is 19.5. The number of ether oxygens (including phenoxy) is 1. The van der Waals surface area contributed by atoms with Crippen LogP contribution < -0.4 is 20.7 Å². The molecule has 1 fully saturated rings. The summed E-state index contributed by atoms with van der Waals surface area (Å²) in [6, 6.07) is 12.4. The largest absolute Gasteiger partial charge is 0.413 e. The van der Waals surface area contributed by atoms with Gasteiger partial charge in [0.15, 0.2) is 0 Å². The minimum Gasteiger partial charge on any atom is -0.410 e. The maximum Gasteiger partial charge on any atom is 0.413 e. The van der Waals surface area contributed by atoms with Crippen LogP contribution in [0.15, 0.2) is 48.5 Å². The highest BCUT2D eigenvalue weighted by atomic mass is 35.5. The zero-order chi connectivity index (χ0) is 31.1. The summed E-state index contributed by atoms with van der Waals surface area (Å²) in [5.41, 5.74) is 1.66. The molecule has 0 heterocycles. The normalized spacial score (nSPS) is 17.3. The van der Waals surface area contributed by atoms with Crippen LogP contribution in [0.4, 0.5) is 16.2 Å². The van der Waals surface area contributed by atoms with Crippen LogP contribution in [-0.4, -0.2) is 27.8 Å². The first kappa shape index (κ1) is 32.5. The standard InChI is InChI=1S/C29H25Cl6N3O4/c1-13-9-16(42-27(41)38-28(2,3)4)6-8-21(13)37-25(39)17-12-15(5-7-18(17)30)36-26(40)23-22(29(23,34)35)14-10-19(31)24(33)20(32)11-14/h5-12,22-23H,1-4H3,(H,36,40)(H,37,39)(H,38,41). The molecule has 0 spiro atoms. The molecular weight excluding hydrogens is 667 g/mol. The molecule has 0 aromatic heterocycles. The second-order valence-corrected chi connectivity index (χ2v) is 13.9. The van der Waals surface area contributed by atoms with Crippen molar-refractivity contribution in [3.8, 4) is 5.75 Å². The van der Waals surface area contributed by atoms with Crippen LogP contribution in [-0.2, 0) is 4.79 Å². The van der Waals surface area contributed by atoms with Crippen LogP contribution in [0.25, 0.3) is 0 Å². The summed E-state index contributed by atoms with van der Waals surface area (Å²) in [6.07, 6.45) is -0.594. The molecule has 222 valence electrons. The lowest BCUT2D eigenvalue weighted by atomic mass is 10.1. The van der Waals surface area contributed by atoms with Crippen molar-refractivity contribution in [2.75, 3.05) is 10.6 Å². The van der Waals surface area contributed by atoms with E-state index in [0.29, 0.717) is 28.3 Å². The van der Waals surface area contributed by atoms with Crippen molar-refractivity contribution in [1.82, 2.24) is 5.32 Å². The molecule has 4 rings (SSSR count). The van der Waals surface area contributed by atoms with Gasteiger partial charge in [-0.2, -0.15) is 0 Å². The first-order valence-corrected chi connectivity index (χ1v) is 14.8. The number of alkyl halides is 2. The van der Waals surface area contributed by atoms with E-state index in [4.69, 9.17) is 74.3 Å². The Morgan fingerprint density at radius 2 is 1.50 bits per heavy atom. The van der Waals surface area contributed by atoms with E-state index in [1.54, 1.807) is 43.3 Å². The van der Waals surface area contributed by atoms with Crippen LogP contribution in [0, 0.1) is 12.8 Å². The second-order valence-electron chi connectivity index (χ2n) is 10.8. The van der Waals surface area contributed by atoms with Crippen LogP contribution in [0.5, 0.6) is 5.75 Å². The number of anilines is 2. The molecule has 2 atom stereocenters. The number of halogens is 6. The van der Waals surface area contributed by atoms with Gasteiger partial charge in [0.25, 0.3) is 5.91 Å². The fourth-order valence-corrected chi connectivity index (χ4v) is 5.93. The summed E-state index contributed by atoms with van der Waals surface area (Å²) in [5.74, 6) is -2.08. The molecule has 0 saturated heterocycles. The lowest BCUT2D eigenvalue weighted by Crippen LogP contribution is -2.42. The van der Waals surface area contributed by atoms with E-state index in [1.807, 2.05) is 20.8 Å². The zero-order valence-corrected chi connectivity index (χ0v) is 27.2. The van der Waals surface area contributed by atoms with E-state index in [1.165, 1.54) is 12.1 Å². The molecule has 3 aromatic carbocycles. The van der Waals surface area contributed by atoms with Gasteiger partial charge >= 0.3 is 6.09 Å². The van der Waals surface area contributed by atoms with E-state index < -0.39 is 39.6 Å². The van der Waals surface area contributed by atoms with Crippen molar-refractivity contribution in [2.45, 2.75) is 43.5 Å². The molecule has 1 aliphatic carbocycles. The molecule has 13 heteroatoms. The molecular formula is C29H25Cl6N3O4. The maximum absolute atomic E-state index is 13.2. The van der Waals surface area contributed by atoms with Crippen molar-refractivity contribution in [1.29, 1.82) is 0 Å². The number of amides is 3. The third kappa shape index (κ3) is 7.39. The zero-order valence-electron chi connectivity index (χ0n) is 22.7. The average molecular weight is 692 g/mol. The van der Waals surface area contributed by atoms with Crippen LogP contribution >= 0.6 is 69.6 Å². The fraction of sp³-hybridized carbons (Fsp3) is 0.276. The number of benzene rings is 3.